The van der Waals surface area contributed by atoms with Gasteiger partial charge in [0.2, 0.25) is 0 Å². The van der Waals surface area contributed by atoms with E-state index in [0.717, 1.165) is 32.9 Å². The lowest BCUT2D eigenvalue weighted by Gasteiger charge is -2.22. The van der Waals surface area contributed by atoms with E-state index in [1.165, 1.54) is 16.3 Å². The maximum atomic E-state index is 14.4. The molecule has 0 amide bonds. The van der Waals surface area contributed by atoms with Crippen molar-refractivity contribution in [3.05, 3.63) is 65.1 Å². The zero-order chi connectivity index (χ0) is 15.9. The van der Waals surface area contributed by atoms with Crippen LogP contribution in [0.3, 0.4) is 0 Å². The van der Waals surface area contributed by atoms with Crippen LogP contribution in [0.4, 0.5) is 4.39 Å². The summed E-state index contributed by atoms with van der Waals surface area (Å²) in [6.45, 7) is 6.40. The van der Waals surface area contributed by atoms with Crippen molar-refractivity contribution in [1.82, 2.24) is 4.98 Å². The smallest absolute Gasteiger partial charge is 0.124 e. The molecule has 2 heteroatoms. The van der Waals surface area contributed by atoms with Crippen molar-refractivity contribution < 1.29 is 4.39 Å². The van der Waals surface area contributed by atoms with E-state index >= 15 is 0 Å². The van der Waals surface area contributed by atoms with Gasteiger partial charge in [-0.05, 0) is 52.4 Å². The highest BCUT2D eigenvalue weighted by Gasteiger charge is 2.36. The second-order valence-corrected chi connectivity index (χ2v) is 7.08. The van der Waals surface area contributed by atoms with Crippen LogP contribution in [0, 0.1) is 12.7 Å². The van der Waals surface area contributed by atoms with Crippen LogP contribution in [-0.2, 0) is 5.41 Å². The highest BCUT2D eigenvalue weighted by molar-refractivity contribution is 6.27. The van der Waals surface area contributed by atoms with Crippen molar-refractivity contribution in [3.8, 4) is 0 Å². The lowest BCUT2D eigenvalue weighted by Crippen LogP contribution is -2.15. The van der Waals surface area contributed by atoms with Crippen LogP contribution in [-0.4, -0.2) is 4.98 Å². The lowest BCUT2D eigenvalue weighted by molar-refractivity contribution is 0.611. The van der Waals surface area contributed by atoms with Gasteiger partial charge in [0, 0.05) is 21.9 Å². The van der Waals surface area contributed by atoms with Crippen LogP contribution in [0.5, 0.6) is 0 Å². The summed E-state index contributed by atoms with van der Waals surface area (Å²) in [5, 5.41) is 5.56. The van der Waals surface area contributed by atoms with Crippen molar-refractivity contribution in [2.24, 2.45) is 0 Å². The minimum absolute atomic E-state index is 0.164. The predicted octanol–water partition coefficient (Wildman–Crippen LogP) is 5.63. The zero-order valence-corrected chi connectivity index (χ0v) is 13.4. The molecule has 4 aromatic rings. The summed E-state index contributed by atoms with van der Waals surface area (Å²) >= 11 is 0. The van der Waals surface area contributed by atoms with E-state index < -0.39 is 0 Å². The molecule has 0 atom stereocenters. The second-order valence-electron chi connectivity index (χ2n) is 7.08. The number of halogens is 1. The van der Waals surface area contributed by atoms with Gasteiger partial charge >= 0.3 is 0 Å². The Morgan fingerprint density at radius 1 is 0.870 bits per heavy atom. The molecular weight excluding hydrogens is 285 g/mol. The Hall–Kier alpha value is -2.48. The maximum Gasteiger partial charge on any atom is 0.124 e. The Morgan fingerprint density at radius 3 is 2.35 bits per heavy atom. The van der Waals surface area contributed by atoms with Crippen molar-refractivity contribution >= 4 is 32.4 Å². The monoisotopic (exact) mass is 301 g/mol. The average molecular weight is 301 g/mol. The summed E-state index contributed by atoms with van der Waals surface area (Å²) in [6.07, 6.45) is 0. The minimum Gasteiger partial charge on any atom is -0.252 e. The van der Waals surface area contributed by atoms with Crippen molar-refractivity contribution in [2.45, 2.75) is 26.2 Å². The molecule has 0 saturated carbocycles. The number of pyridine rings is 1. The number of aromatic nitrogens is 1. The third kappa shape index (κ3) is 1.44. The molecule has 1 aliphatic carbocycles. The molecule has 1 aromatic heterocycles. The molecule has 0 spiro atoms. The molecule has 0 unspecified atom stereocenters. The van der Waals surface area contributed by atoms with Crippen LogP contribution in [0.1, 0.15) is 30.7 Å². The normalized spacial score (nSPS) is 15.3. The van der Waals surface area contributed by atoms with Gasteiger partial charge in [-0.2, -0.15) is 0 Å². The van der Waals surface area contributed by atoms with E-state index in [1.54, 1.807) is 12.1 Å². The summed E-state index contributed by atoms with van der Waals surface area (Å²) in [5.41, 5.74) is 4.19. The van der Waals surface area contributed by atoms with E-state index in [2.05, 4.69) is 32.0 Å². The van der Waals surface area contributed by atoms with Crippen molar-refractivity contribution in [1.29, 1.82) is 0 Å². The van der Waals surface area contributed by atoms with Gasteiger partial charge < -0.3 is 0 Å². The Bertz CT molecular complexity index is 1060. The van der Waals surface area contributed by atoms with Gasteiger partial charge in [-0.15, -0.1) is 0 Å². The topological polar surface area (TPSA) is 12.9 Å². The molecule has 0 aliphatic heterocycles. The first-order valence-electron chi connectivity index (χ1n) is 7.95. The van der Waals surface area contributed by atoms with Crippen molar-refractivity contribution in [3.63, 3.8) is 0 Å². The van der Waals surface area contributed by atoms with Gasteiger partial charge in [-0.3, -0.25) is 4.98 Å². The fraction of sp³-hybridized carbons (Fsp3) is 0.190. The van der Waals surface area contributed by atoms with Crippen molar-refractivity contribution in [2.75, 3.05) is 0 Å². The van der Waals surface area contributed by atoms with Crippen LogP contribution in [0.15, 0.2) is 42.5 Å². The van der Waals surface area contributed by atoms with E-state index in [1.807, 2.05) is 19.1 Å². The lowest BCUT2D eigenvalue weighted by atomic mass is 9.82. The average Bonchev–Trinajstić information content (AvgIpc) is 2.74. The zero-order valence-electron chi connectivity index (χ0n) is 13.4. The first-order chi connectivity index (χ1) is 11.0. The van der Waals surface area contributed by atoms with E-state index in [-0.39, 0.29) is 11.2 Å². The fourth-order valence-electron chi connectivity index (χ4n) is 4.27. The summed E-state index contributed by atoms with van der Waals surface area (Å²) in [7, 11) is 0. The summed E-state index contributed by atoms with van der Waals surface area (Å²) in [6, 6.07) is 13.7. The highest BCUT2D eigenvalue weighted by atomic mass is 19.1. The third-order valence-electron chi connectivity index (χ3n) is 5.32. The van der Waals surface area contributed by atoms with Crippen LogP contribution in [0.25, 0.3) is 32.4 Å². The molecule has 1 nitrogen and oxygen atoms in total. The number of fused-ring (bicyclic) bond motifs is 3. The fourth-order valence-corrected chi connectivity index (χ4v) is 4.27. The standard InChI is InChI=1S/C21H16FN/c1-11-8-16-19-18-15(9-12(22)10-17(18)21(16,2)3)13-6-4-5-7-14(13)20(19)23-11/h4-10H,1-3H3. The predicted molar refractivity (Wildman–Crippen MR) is 93.6 cm³/mol. The summed E-state index contributed by atoms with van der Waals surface area (Å²) < 4.78 is 14.4. The van der Waals surface area contributed by atoms with E-state index in [9.17, 15) is 4.39 Å². The van der Waals surface area contributed by atoms with Gasteiger partial charge in [0.25, 0.3) is 0 Å². The van der Waals surface area contributed by atoms with Gasteiger partial charge in [0.05, 0.1) is 5.52 Å². The SMILES string of the molecule is Cc1cc2c3c(n1)c1ccccc1c1cc(F)cc(c13)C2(C)C. The molecule has 0 bridgehead atoms. The first-order valence-corrected chi connectivity index (χ1v) is 7.95. The molecule has 0 radical (unpaired) electrons. The largest absolute Gasteiger partial charge is 0.252 e. The van der Waals surface area contributed by atoms with Gasteiger partial charge in [0.1, 0.15) is 5.82 Å². The summed E-state index contributed by atoms with van der Waals surface area (Å²) in [5.74, 6) is -0.164. The quantitative estimate of drug-likeness (QED) is 0.384. The third-order valence-corrected chi connectivity index (χ3v) is 5.32. The molecule has 0 fully saturated rings. The van der Waals surface area contributed by atoms with E-state index in [4.69, 9.17) is 4.98 Å². The number of rotatable bonds is 0. The maximum absolute atomic E-state index is 14.4. The molecule has 3 aromatic carbocycles. The minimum atomic E-state index is -0.202. The Labute approximate surface area is 133 Å². The van der Waals surface area contributed by atoms with Gasteiger partial charge in [-0.25, -0.2) is 4.39 Å². The molecule has 1 heterocycles. The van der Waals surface area contributed by atoms with Crippen LogP contribution in [0.2, 0.25) is 0 Å². The number of hydrogen-bond donors (Lipinski definition) is 0. The number of aryl methyl sites for hydroxylation is 1. The molecule has 23 heavy (non-hydrogen) atoms. The molecule has 0 N–H and O–H groups in total. The second kappa shape index (κ2) is 3.88. The Morgan fingerprint density at radius 2 is 1.57 bits per heavy atom. The molecule has 1 aliphatic rings. The van der Waals surface area contributed by atoms with Gasteiger partial charge in [-0.1, -0.05) is 38.1 Å². The molecule has 0 saturated heterocycles. The molecule has 112 valence electrons. The number of hydrogen-bond acceptors (Lipinski definition) is 1. The molecular formula is C21H16FN. The Balaban J connectivity index is 2.24. The number of nitrogens with zero attached hydrogens (tertiary/aromatic N) is 1. The van der Waals surface area contributed by atoms with Gasteiger partial charge in [0.15, 0.2) is 0 Å². The number of benzene rings is 3. The van der Waals surface area contributed by atoms with Crippen LogP contribution >= 0.6 is 0 Å². The summed E-state index contributed by atoms with van der Waals surface area (Å²) in [4.78, 5) is 4.84. The van der Waals surface area contributed by atoms with Crippen LogP contribution < -0.4 is 0 Å². The Kier molecular flexibility index (Phi) is 2.20. The molecule has 5 rings (SSSR count). The highest BCUT2D eigenvalue weighted by Crippen LogP contribution is 2.51. The van der Waals surface area contributed by atoms with E-state index in [0.29, 0.717) is 0 Å². The first kappa shape index (κ1) is 13.0.